The van der Waals surface area contributed by atoms with Crippen LogP contribution in [0.5, 0.6) is 5.75 Å². The van der Waals surface area contributed by atoms with Crippen LogP contribution in [0.1, 0.15) is 37.7 Å². The van der Waals surface area contributed by atoms with Gasteiger partial charge in [-0.05, 0) is 67.5 Å². The van der Waals surface area contributed by atoms with E-state index in [4.69, 9.17) is 15.6 Å². The second-order valence-electron chi connectivity index (χ2n) is 7.11. The van der Waals surface area contributed by atoms with Crippen molar-refractivity contribution in [3.05, 3.63) is 41.7 Å². The molecule has 146 valence electrons. The Morgan fingerprint density at radius 2 is 2.07 bits per heavy atom. The van der Waals surface area contributed by atoms with Crippen molar-refractivity contribution < 1.29 is 19.0 Å². The molecule has 0 unspecified atom stereocenters. The molecule has 1 aliphatic rings. The fourth-order valence-electron chi connectivity index (χ4n) is 3.66. The second kappa shape index (κ2) is 7.75. The normalized spacial score (nSPS) is 14.6. The number of nitrogens with zero attached hydrogens (tertiary/aromatic N) is 1. The highest BCUT2D eigenvalue weighted by Crippen LogP contribution is 2.38. The van der Waals surface area contributed by atoms with Crippen molar-refractivity contribution in [2.75, 3.05) is 5.73 Å². The van der Waals surface area contributed by atoms with Gasteiger partial charge in [-0.25, -0.2) is 9.37 Å². The van der Waals surface area contributed by atoms with Gasteiger partial charge in [0.1, 0.15) is 0 Å². The van der Waals surface area contributed by atoms with Gasteiger partial charge in [0.2, 0.25) is 0 Å². The summed E-state index contributed by atoms with van der Waals surface area (Å²) in [6, 6.07) is 8.89. The number of anilines is 1. The van der Waals surface area contributed by atoms with Crippen LogP contribution in [0.25, 0.3) is 21.3 Å². The SMILES string of the molecule is Nc1nc2ccc(-c3cc(CCC(=O)O)cc(F)c3OC3CCCC3)cc2s1. The quantitative estimate of drug-likeness (QED) is 0.607. The number of benzene rings is 2. The standard InChI is InChI=1S/C21H21FN2O3S/c22-16-10-12(5-8-19(25)26)9-15(20(16)27-14-3-1-2-4-14)13-6-7-17-18(11-13)28-21(23)24-17/h6-7,9-11,14H,1-5,8H2,(H2,23,24)(H,25,26). The molecule has 0 aliphatic heterocycles. The van der Waals surface area contributed by atoms with Crippen LogP contribution in [0.15, 0.2) is 30.3 Å². The Bertz CT molecular complexity index is 1030. The highest BCUT2D eigenvalue weighted by molar-refractivity contribution is 7.22. The Morgan fingerprint density at radius 3 is 2.82 bits per heavy atom. The van der Waals surface area contributed by atoms with Crippen molar-refractivity contribution in [2.24, 2.45) is 0 Å². The first kappa shape index (κ1) is 18.7. The van der Waals surface area contributed by atoms with Crippen molar-refractivity contribution in [1.82, 2.24) is 4.98 Å². The average molecular weight is 400 g/mol. The first-order chi connectivity index (χ1) is 13.5. The molecule has 7 heteroatoms. The lowest BCUT2D eigenvalue weighted by molar-refractivity contribution is -0.136. The lowest BCUT2D eigenvalue weighted by Crippen LogP contribution is -2.13. The third-order valence-corrected chi connectivity index (χ3v) is 5.88. The smallest absolute Gasteiger partial charge is 0.303 e. The summed E-state index contributed by atoms with van der Waals surface area (Å²) in [6.07, 6.45) is 4.24. The predicted octanol–water partition coefficient (Wildman–Crippen LogP) is 5.02. The van der Waals surface area contributed by atoms with Crippen LogP contribution >= 0.6 is 11.3 Å². The number of nitrogen functional groups attached to an aromatic ring is 1. The highest BCUT2D eigenvalue weighted by atomic mass is 32.1. The van der Waals surface area contributed by atoms with Gasteiger partial charge in [0, 0.05) is 12.0 Å². The molecule has 0 bridgehead atoms. The summed E-state index contributed by atoms with van der Waals surface area (Å²) in [5.74, 6) is -1.12. The maximum Gasteiger partial charge on any atom is 0.303 e. The zero-order valence-electron chi connectivity index (χ0n) is 15.3. The van der Waals surface area contributed by atoms with E-state index in [2.05, 4.69) is 4.98 Å². The molecule has 0 saturated heterocycles. The topological polar surface area (TPSA) is 85.4 Å². The van der Waals surface area contributed by atoms with Crippen LogP contribution in [-0.4, -0.2) is 22.2 Å². The summed E-state index contributed by atoms with van der Waals surface area (Å²) >= 11 is 1.38. The number of aromatic nitrogens is 1. The monoisotopic (exact) mass is 400 g/mol. The van der Waals surface area contributed by atoms with Crippen LogP contribution in [-0.2, 0) is 11.2 Å². The number of carboxylic acid groups (broad SMARTS) is 1. The number of ether oxygens (including phenoxy) is 1. The van der Waals surface area contributed by atoms with E-state index in [0.717, 1.165) is 41.5 Å². The molecule has 4 rings (SSSR count). The molecule has 0 amide bonds. The summed E-state index contributed by atoms with van der Waals surface area (Å²) in [6.45, 7) is 0. The molecule has 0 spiro atoms. The number of fused-ring (bicyclic) bond motifs is 1. The van der Waals surface area contributed by atoms with E-state index in [1.165, 1.54) is 17.4 Å². The minimum Gasteiger partial charge on any atom is -0.487 e. The fraction of sp³-hybridized carbons (Fsp3) is 0.333. The van der Waals surface area contributed by atoms with Crippen LogP contribution in [0.2, 0.25) is 0 Å². The number of hydrogen-bond acceptors (Lipinski definition) is 5. The molecule has 2 aromatic carbocycles. The van der Waals surface area contributed by atoms with Gasteiger partial charge in [0.15, 0.2) is 16.7 Å². The van der Waals surface area contributed by atoms with E-state index in [0.29, 0.717) is 16.3 Å². The zero-order valence-corrected chi connectivity index (χ0v) is 16.1. The van der Waals surface area contributed by atoms with Crippen LogP contribution in [0, 0.1) is 5.82 Å². The van der Waals surface area contributed by atoms with Gasteiger partial charge < -0.3 is 15.6 Å². The van der Waals surface area contributed by atoms with Gasteiger partial charge in [-0.1, -0.05) is 17.4 Å². The number of aryl methyl sites for hydroxylation is 1. The Labute approximate surface area is 166 Å². The summed E-state index contributed by atoms with van der Waals surface area (Å²) in [5, 5.41) is 9.44. The second-order valence-corrected chi connectivity index (χ2v) is 8.17. The van der Waals surface area contributed by atoms with Gasteiger partial charge in [0.05, 0.1) is 16.3 Å². The Hall–Kier alpha value is -2.67. The number of aliphatic carboxylic acids is 1. The van der Waals surface area contributed by atoms with Gasteiger partial charge in [-0.15, -0.1) is 0 Å². The third-order valence-electron chi connectivity index (χ3n) is 5.03. The minimum atomic E-state index is -0.908. The number of carboxylic acids is 1. The van der Waals surface area contributed by atoms with Crippen molar-refractivity contribution in [2.45, 2.75) is 44.6 Å². The Balaban J connectivity index is 1.78. The van der Waals surface area contributed by atoms with E-state index in [9.17, 15) is 9.18 Å². The maximum atomic E-state index is 15.0. The fourth-order valence-corrected chi connectivity index (χ4v) is 4.44. The van der Waals surface area contributed by atoms with E-state index in [1.54, 1.807) is 0 Å². The molecule has 1 saturated carbocycles. The van der Waals surface area contributed by atoms with Gasteiger partial charge in [-0.2, -0.15) is 0 Å². The van der Waals surface area contributed by atoms with Crippen molar-refractivity contribution in [3.63, 3.8) is 0 Å². The molecule has 28 heavy (non-hydrogen) atoms. The van der Waals surface area contributed by atoms with E-state index >= 15 is 0 Å². The molecular formula is C21H21FN2O3S. The van der Waals surface area contributed by atoms with Gasteiger partial charge in [0.25, 0.3) is 0 Å². The molecule has 0 atom stereocenters. The number of nitrogens with two attached hydrogens (primary N) is 1. The molecule has 1 aliphatic carbocycles. The largest absolute Gasteiger partial charge is 0.487 e. The van der Waals surface area contributed by atoms with E-state index in [-0.39, 0.29) is 24.7 Å². The first-order valence-corrected chi connectivity index (χ1v) is 10.2. The number of halogens is 1. The summed E-state index contributed by atoms with van der Waals surface area (Å²) in [5.41, 5.74) is 8.68. The van der Waals surface area contributed by atoms with Crippen molar-refractivity contribution in [3.8, 4) is 16.9 Å². The molecule has 1 fully saturated rings. The van der Waals surface area contributed by atoms with E-state index < -0.39 is 11.8 Å². The predicted molar refractivity (Wildman–Crippen MR) is 108 cm³/mol. The highest BCUT2D eigenvalue weighted by Gasteiger charge is 2.22. The number of rotatable bonds is 6. The molecule has 3 N–H and O–H groups in total. The number of thiazole rings is 1. The zero-order chi connectivity index (χ0) is 19.7. The van der Waals surface area contributed by atoms with Crippen LogP contribution in [0.4, 0.5) is 9.52 Å². The first-order valence-electron chi connectivity index (χ1n) is 9.37. The summed E-state index contributed by atoms with van der Waals surface area (Å²) in [7, 11) is 0. The summed E-state index contributed by atoms with van der Waals surface area (Å²) < 4.78 is 22.0. The van der Waals surface area contributed by atoms with E-state index in [1.807, 2.05) is 24.3 Å². The van der Waals surface area contributed by atoms with Gasteiger partial charge in [-0.3, -0.25) is 4.79 Å². The van der Waals surface area contributed by atoms with Crippen molar-refractivity contribution in [1.29, 1.82) is 0 Å². The Morgan fingerprint density at radius 1 is 1.29 bits per heavy atom. The van der Waals surface area contributed by atoms with Crippen LogP contribution in [0.3, 0.4) is 0 Å². The summed E-state index contributed by atoms with van der Waals surface area (Å²) in [4.78, 5) is 15.2. The molecule has 3 aromatic rings. The molecule has 1 aromatic heterocycles. The van der Waals surface area contributed by atoms with Crippen LogP contribution < -0.4 is 10.5 Å². The van der Waals surface area contributed by atoms with Crippen molar-refractivity contribution >= 4 is 32.7 Å². The average Bonchev–Trinajstić information content (AvgIpc) is 3.29. The lowest BCUT2D eigenvalue weighted by atomic mass is 9.99. The molecule has 1 heterocycles. The molecule has 0 radical (unpaired) electrons. The maximum absolute atomic E-state index is 15.0. The Kier molecular flexibility index (Phi) is 5.17. The lowest BCUT2D eigenvalue weighted by Gasteiger charge is -2.19. The third kappa shape index (κ3) is 3.94. The number of carbonyl (C=O) groups is 1. The van der Waals surface area contributed by atoms with Gasteiger partial charge >= 0.3 is 5.97 Å². The molecule has 5 nitrogen and oxygen atoms in total. The molecular weight excluding hydrogens is 379 g/mol. The minimum absolute atomic E-state index is 0.0147. The number of hydrogen-bond donors (Lipinski definition) is 2.